The molecule has 0 amide bonds. The van der Waals surface area contributed by atoms with Crippen LogP contribution in [0.3, 0.4) is 0 Å². The Kier molecular flexibility index (Phi) is 8.62. The molecule has 0 atom stereocenters. The molecule has 0 saturated carbocycles. The van der Waals surface area contributed by atoms with E-state index in [1.807, 2.05) is 31.2 Å². The van der Waals surface area contributed by atoms with Crippen LogP contribution in [0.4, 0.5) is 11.4 Å². The van der Waals surface area contributed by atoms with Crippen molar-refractivity contribution in [3.05, 3.63) is 53.6 Å². The molecule has 1 fully saturated rings. The summed E-state index contributed by atoms with van der Waals surface area (Å²) >= 11 is 0. The third-order valence-corrected chi connectivity index (χ3v) is 5.21. The van der Waals surface area contributed by atoms with Crippen molar-refractivity contribution >= 4 is 22.9 Å². The molecule has 0 bridgehead atoms. The predicted octanol–water partition coefficient (Wildman–Crippen LogP) is 5.19. The van der Waals surface area contributed by atoms with E-state index in [9.17, 15) is 9.59 Å². The summed E-state index contributed by atoms with van der Waals surface area (Å²) in [5, 5.41) is 3.26. The second-order valence-corrected chi connectivity index (χ2v) is 7.67. The Morgan fingerprint density at radius 1 is 1.06 bits per heavy atom. The van der Waals surface area contributed by atoms with Crippen molar-refractivity contribution in [3.8, 4) is 5.75 Å². The van der Waals surface area contributed by atoms with Gasteiger partial charge in [-0.25, -0.2) is 0 Å². The van der Waals surface area contributed by atoms with Gasteiger partial charge in [0.1, 0.15) is 12.4 Å². The molecule has 3 rings (SSSR count). The number of anilines is 2. The zero-order chi connectivity index (χ0) is 22.1. The highest BCUT2D eigenvalue weighted by molar-refractivity contribution is 6.03. The Bertz CT molecular complexity index is 872. The number of Topliss-reactive ketones (excluding diaryl/α,β-unsaturated/α-hetero) is 2. The summed E-state index contributed by atoms with van der Waals surface area (Å²) in [7, 11) is 0. The zero-order valence-electron chi connectivity index (χ0n) is 18.3. The largest absolute Gasteiger partial charge is 0.491 e. The van der Waals surface area contributed by atoms with E-state index in [1.165, 1.54) is 6.92 Å². The summed E-state index contributed by atoms with van der Waals surface area (Å²) in [6, 6.07) is 12.7. The number of benzene rings is 2. The monoisotopic (exact) mass is 425 g/mol. The number of ether oxygens (including phenoxy) is 3. The molecule has 6 nitrogen and oxygen atoms in total. The fourth-order valence-corrected chi connectivity index (χ4v) is 3.51. The molecule has 1 N–H and O–H groups in total. The van der Waals surface area contributed by atoms with Crippen molar-refractivity contribution in [2.75, 3.05) is 31.7 Å². The summed E-state index contributed by atoms with van der Waals surface area (Å²) in [4.78, 5) is 24.3. The highest BCUT2D eigenvalue weighted by Crippen LogP contribution is 2.25. The second-order valence-electron chi connectivity index (χ2n) is 7.67. The van der Waals surface area contributed by atoms with Crippen molar-refractivity contribution in [1.29, 1.82) is 0 Å². The third-order valence-electron chi connectivity index (χ3n) is 5.21. The fourth-order valence-electron chi connectivity index (χ4n) is 3.51. The number of nitrogens with one attached hydrogen (secondary N) is 1. The van der Waals surface area contributed by atoms with Gasteiger partial charge >= 0.3 is 0 Å². The van der Waals surface area contributed by atoms with Gasteiger partial charge in [-0.3, -0.25) is 9.59 Å². The van der Waals surface area contributed by atoms with Gasteiger partial charge in [-0.1, -0.05) is 13.0 Å². The van der Waals surface area contributed by atoms with Crippen LogP contribution in [0.1, 0.15) is 60.2 Å². The average molecular weight is 426 g/mol. The lowest BCUT2D eigenvalue weighted by Crippen LogP contribution is -2.25. The van der Waals surface area contributed by atoms with Crippen LogP contribution in [0.15, 0.2) is 42.5 Å². The van der Waals surface area contributed by atoms with Gasteiger partial charge in [0.25, 0.3) is 0 Å². The van der Waals surface area contributed by atoms with Crippen LogP contribution in [-0.4, -0.2) is 44.1 Å². The highest BCUT2D eigenvalue weighted by atomic mass is 16.5. The molecule has 0 unspecified atom stereocenters. The average Bonchev–Trinajstić information content (AvgIpc) is 2.78. The maximum Gasteiger partial charge on any atom is 0.162 e. The lowest BCUT2D eigenvalue weighted by Gasteiger charge is -2.22. The number of hydrogen-bond donors (Lipinski definition) is 1. The molecular weight excluding hydrogens is 394 g/mol. The predicted molar refractivity (Wildman–Crippen MR) is 121 cm³/mol. The van der Waals surface area contributed by atoms with Gasteiger partial charge in [0, 0.05) is 36.4 Å². The Balaban J connectivity index is 1.57. The van der Waals surface area contributed by atoms with Crippen molar-refractivity contribution in [2.24, 2.45) is 0 Å². The molecule has 1 heterocycles. The molecule has 2 aromatic carbocycles. The SMILES string of the molecule is CCCC(=O)c1ccc(C(C)=O)c(Nc2ccc(OCCOC3CCOCC3)cc2)c1. The summed E-state index contributed by atoms with van der Waals surface area (Å²) in [6.07, 6.45) is 3.42. The van der Waals surface area contributed by atoms with Gasteiger partial charge in [0.2, 0.25) is 0 Å². The first-order valence-corrected chi connectivity index (χ1v) is 10.9. The van der Waals surface area contributed by atoms with E-state index < -0.39 is 0 Å². The number of rotatable bonds is 11. The first kappa shape index (κ1) is 23.0. The number of carbonyl (C=O) groups is 2. The standard InChI is InChI=1S/C25H31NO5/c1-3-4-25(28)19-5-10-23(18(2)27)24(17-19)26-20-6-8-21(9-7-20)30-15-16-31-22-11-13-29-14-12-22/h5-10,17,22,26H,3-4,11-16H2,1-2H3. The molecule has 0 aromatic heterocycles. The van der Waals surface area contributed by atoms with Gasteiger partial charge < -0.3 is 19.5 Å². The molecule has 31 heavy (non-hydrogen) atoms. The maximum atomic E-state index is 12.3. The van der Waals surface area contributed by atoms with E-state index in [0.29, 0.717) is 36.4 Å². The molecule has 1 aliphatic rings. The molecule has 1 aliphatic heterocycles. The van der Waals surface area contributed by atoms with Gasteiger partial charge in [0.05, 0.1) is 18.4 Å². The molecule has 0 spiro atoms. The summed E-state index contributed by atoms with van der Waals surface area (Å²) < 4.78 is 16.9. The minimum Gasteiger partial charge on any atom is -0.491 e. The Hall–Kier alpha value is -2.70. The first-order valence-electron chi connectivity index (χ1n) is 10.9. The molecule has 0 aliphatic carbocycles. The van der Waals surface area contributed by atoms with Gasteiger partial charge in [0.15, 0.2) is 11.6 Å². The van der Waals surface area contributed by atoms with E-state index in [0.717, 1.165) is 43.9 Å². The number of carbonyl (C=O) groups excluding carboxylic acids is 2. The second kappa shape index (κ2) is 11.6. The van der Waals surface area contributed by atoms with E-state index in [-0.39, 0.29) is 17.7 Å². The van der Waals surface area contributed by atoms with Crippen LogP contribution < -0.4 is 10.1 Å². The van der Waals surface area contributed by atoms with Crippen molar-refractivity contribution < 1.29 is 23.8 Å². The minimum atomic E-state index is -0.0542. The maximum absolute atomic E-state index is 12.3. The van der Waals surface area contributed by atoms with Crippen molar-refractivity contribution in [1.82, 2.24) is 0 Å². The van der Waals surface area contributed by atoms with Crippen LogP contribution in [-0.2, 0) is 9.47 Å². The summed E-state index contributed by atoms with van der Waals surface area (Å²) in [6.45, 7) is 6.06. The van der Waals surface area contributed by atoms with E-state index in [1.54, 1.807) is 18.2 Å². The normalized spacial score (nSPS) is 14.3. The van der Waals surface area contributed by atoms with Gasteiger partial charge in [-0.15, -0.1) is 0 Å². The number of ketones is 2. The Morgan fingerprint density at radius 3 is 2.48 bits per heavy atom. The van der Waals surface area contributed by atoms with E-state index in [4.69, 9.17) is 14.2 Å². The minimum absolute atomic E-state index is 0.0542. The van der Waals surface area contributed by atoms with Crippen LogP contribution in [0.2, 0.25) is 0 Å². The topological polar surface area (TPSA) is 73.9 Å². The quantitative estimate of drug-likeness (QED) is 0.394. The molecule has 2 aromatic rings. The lowest BCUT2D eigenvalue weighted by molar-refractivity contribution is -0.0388. The molecule has 0 radical (unpaired) electrons. The summed E-state index contributed by atoms with van der Waals surface area (Å²) in [5.41, 5.74) is 2.61. The zero-order valence-corrected chi connectivity index (χ0v) is 18.3. The van der Waals surface area contributed by atoms with Crippen LogP contribution in [0, 0.1) is 0 Å². The van der Waals surface area contributed by atoms with Gasteiger partial charge in [-0.05, 0) is 62.6 Å². The lowest BCUT2D eigenvalue weighted by atomic mass is 10.0. The molecule has 166 valence electrons. The molecule has 1 saturated heterocycles. The van der Waals surface area contributed by atoms with Crippen molar-refractivity contribution in [3.63, 3.8) is 0 Å². The van der Waals surface area contributed by atoms with E-state index in [2.05, 4.69) is 5.32 Å². The Labute approximate surface area is 183 Å². The van der Waals surface area contributed by atoms with Crippen molar-refractivity contribution in [2.45, 2.75) is 45.6 Å². The van der Waals surface area contributed by atoms with Crippen LogP contribution >= 0.6 is 0 Å². The summed E-state index contributed by atoms with van der Waals surface area (Å²) in [5.74, 6) is 0.772. The molecular formula is C25H31NO5. The first-order chi connectivity index (χ1) is 15.1. The van der Waals surface area contributed by atoms with Gasteiger partial charge in [-0.2, -0.15) is 0 Å². The number of hydrogen-bond acceptors (Lipinski definition) is 6. The van der Waals surface area contributed by atoms with Crippen LogP contribution in [0.5, 0.6) is 5.75 Å². The fraction of sp³-hybridized carbons (Fsp3) is 0.440. The van der Waals surface area contributed by atoms with Crippen LogP contribution in [0.25, 0.3) is 0 Å². The van der Waals surface area contributed by atoms with E-state index >= 15 is 0 Å². The highest BCUT2D eigenvalue weighted by Gasteiger charge is 2.14. The molecule has 6 heteroatoms. The third kappa shape index (κ3) is 6.91. The smallest absolute Gasteiger partial charge is 0.162 e. The Morgan fingerprint density at radius 2 is 1.81 bits per heavy atom.